The van der Waals surface area contributed by atoms with Crippen molar-refractivity contribution >= 4 is 28.4 Å². The van der Waals surface area contributed by atoms with Crippen molar-refractivity contribution in [3.05, 3.63) is 53.5 Å². The maximum Gasteiger partial charge on any atom is 0.433 e. The molecule has 2 aromatic heterocycles. The molecule has 0 spiro atoms. The van der Waals surface area contributed by atoms with Crippen LogP contribution in [0.2, 0.25) is 0 Å². The van der Waals surface area contributed by atoms with Gasteiger partial charge >= 0.3 is 6.18 Å². The largest absolute Gasteiger partial charge is 0.433 e. The molecule has 1 aliphatic rings. The van der Waals surface area contributed by atoms with E-state index in [9.17, 15) is 22.8 Å². The number of carbonyl (C=O) groups is 2. The van der Waals surface area contributed by atoms with Gasteiger partial charge in [-0.1, -0.05) is 13.0 Å². The molecule has 0 bridgehead atoms. The fraction of sp³-hybridized carbons (Fsp3) is 0.462. The molecule has 0 unspecified atom stereocenters. The molecule has 0 radical (unpaired) electrons. The number of alkyl halides is 3. The number of nitrogens with one attached hydrogen (secondary N) is 1. The van der Waals surface area contributed by atoms with Crippen LogP contribution < -0.4 is 11.1 Å². The van der Waals surface area contributed by atoms with E-state index in [0.29, 0.717) is 22.7 Å². The number of amides is 2. The Bertz CT molecular complexity index is 1310. The summed E-state index contributed by atoms with van der Waals surface area (Å²) in [5.74, 6) is -0.794. The molecule has 1 aliphatic carbocycles. The van der Waals surface area contributed by atoms with Gasteiger partial charge in [0, 0.05) is 22.8 Å². The number of rotatable bonds is 7. The van der Waals surface area contributed by atoms with Gasteiger partial charge in [-0.25, -0.2) is 4.98 Å². The molecule has 1 fully saturated rings. The van der Waals surface area contributed by atoms with Gasteiger partial charge in [0.25, 0.3) is 5.91 Å². The van der Waals surface area contributed by atoms with Crippen molar-refractivity contribution in [2.75, 3.05) is 11.9 Å². The van der Waals surface area contributed by atoms with E-state index in [0.717, 1.165) is 43.2 Å². The monoisotopic (exact) mass is 517 g/mol. The maximum absolute atomic E-state index is 13.1. The summed E-state index contributed by atoms with van der Waals surface area (Å²) in [7, 11) is 0. The number of benzene rings is 1. The van der Waals surface area contributed by atoms with E-state index in [1.165, 1.54) is 6.07 Å². The van der Waals surface area contributed by atoms with Gasteiger partial charge in [0.1, 0.15) is 18.0 Å². The number of carbonyl (C=O) groups excluding carboxylic acids is 2. The predicted octanol–water partition coefficient (Wildman–Crippen LogP) is 5.19. The van der Waals surface area contributed by atoms with Crippen molar-refractivity contribution in [2.24, 2.45) is 11.7 Å². The van der Waals surface area contributed by atoms with Crippen LogP contribution in [-0.4, -0.2) is 33.2 Å². The summed E-state index contributed by atoms with van der Waals surface area (Å²) in [4.78, 5) is 27.8. The van der Waals surface area contributed by atoms with Crippen molar-refractivity contribution in [2.45, 2.75) is 64.3 Å². The highest BCUT2D eigenvalue weighted by Gasteiger charge is 2.33. The zero-order valence-electron chi connectivity index (χ0n) is 20.9. The average molecular weight is 518 g/mol. The van der Waals surface area contributed by atoms with Gasteiger partial charge in [-0.2, -0.15) is 18.3 Å². The van der Waals surface area contributed by atoms with Crippen LogP contribution in [0.3, 0.4) is 0 Å². The molecule has 0 aliphatic heterocycles. The second kappa shape index (κ2) is 10.1. The van der Waals surface area contributed by atoms with E-state index in [1.807, 2.05) is 10.9 Å². The molecular weight excluding hydrogens is 487 g/mol. The normalized spacial score (nSPS) is 18.6. The SMILES string of the molecule is CC1CCC(n2cc3cc(NC(=O)c4cccc(C(F)(F)F)n4)c(C(C)(C)OCC(N)=O)cc3n2)CC1. The van der Waals surface area contributed by atoms with Crippen LogP contribution in [0.5, 0.6) is 0 Å². The fourth-order valence-electron chi connectivity index (χ4n) is 4.62. The molecule has 3 aromatic rings. The molecule has 1 saturated carbocycles. The third kappa shape index (κ3) is 6.10. The van der Waals surface area contributed by atoms with Gasteiger partial charge in [-0.3, -0.25) is 14.3 Å². The van der Waals surface area contributed by atoms with Gasteiger partial charge in [0.15, 0.2) is 0 Å². The van der Waals surface area contributed by atoms with Crippen LogP contribution in [0.4, 0.5) is 18.9 Å². The highest BCUT2D eigenvalue weighted by atomic mass is 19.4. The van der Waals surface area contributed by atoms with Crippen molar-refractivity contribution in [3.8, 4) is 0 Å². The number of anilines is 1. The van der Waals surface area contributed by atoms with E-state index < -0.39 is 29.3 Å². The van der Waals surface area contributed by atoms with E-state index in [1.54, 1.807) is 26.0 Å². The minimum absolute atomic E-state index is 0.263. The topological polar surface area (TPSA) is 112 Å². The zero-order chi connectivity index (χ0) is 27.0. The summed E-state index contributed by atoms with van der Waals surface area (Å²) >= 11 is 0. The third-order valence-corrected chi connectivity index (χ3v) is 6.77. The summed E-state index contributed by atoms with van der Waals surface area (Å²) in [5, 5.41) is 8.20. The first kappa shape index (κ1) is 26.6. The number of hydrogen-bond donors (Lipinski definition) is 2. The lowest BCUT2D eigenvalue weighted by Gasteiger charge is -2.28. The number of pyridine rings is 1. The first-order valence-corrected chi connectivity index (χ1v) is 12.1. The Kier molecular flexibility index (Phi) is 7.27. The van der Waals surface area contributed by atoms with E-state index in [4.69, 9.17) is 15.6 Å². The summed E-state index contributed by atoms with van der Waals surface area (Å²) in [5.41, 5.74) is 4.09. The zero-order valence-corrected chi connectivity index (χ0v) is 20.9. The van der Waals surface area contributed by atoms with Crippen molar-refractivity contribution in [1.29, 1.82) is 0 Å². The minimum Gasteiger partial charge on any atom is -0.368 e. The molecule has 1 aromatic carbocycles. The number of nitrogens with two attached hydrogens (primary N) is 1. The van der Waals surface area contributed by atoms with Crippen LogP contribution >= 0.6 is 0 Å². The van der Waals surface area contributed by atoms with Gasteiger partial charge in [0.05, 0.1) is 17.2 Å². The van der Waals surface area contributed by atoms with Crippen LogP contribution in [0.1, 0.15) is 74.2 Å². The molecule has 37 heavy (non-hydrogen) atoms. The number of primary amides is 1. The summed E-state index contributed by atoms with van der Waals surface area (Å²) < 4.78 is 47.0. The van der Waals surface area contributed by atoms with Crippen molar-refractivity contribution < 1.29 is 27.5 Å². The highest BCUT2D eigenvalue weighted by Crippen LogP contribution is 2.37. The standard InChI is InChI=1S/C26H30F3N5O3/c1-15-7-9-17(10-8-15)34-13-16-11-21(18(12-20(16)33-34)25(2,3)37-14-23(30)35)32-24(36)19-5-4-6-22(31-19)26(27,28)29/h4-6,11-13,15,17H,7-10,14H2,1-3H3,(H2,30,35)(H,32,36). The molecule has 0 atom stereocenters. The van der Waals surface area contributed by atoms with E-state index in [-0.39, 0.29) is 18.3 Å². The number of halogens is 3. The lowest BCUT2D eigenvalue weighted by atomic mass is 9.87. The van der Waals surface area contributed by atoms with E-state index in [2.05, 4.69) is 17.2 Å². The maximum atomic E-state index is 13.1. The van der Waals surface area contributed by atoms with Crippen LogP contribution in [0, 0.1) is 5.92 Å². The summed E-state index contributed by atoms with van der Waals surface area (Å²) in [6.45, 7) is 5.29. The van der Waals surface area contributed by atoms with E-state index >= 15 is 0 Å². The molecular formula is C26H30F3N5O3. The minimum atomic E-state index is -4.68. The summed E-state index contributed by atoms with van der Waals surface area (Å²) in [6, 6.07) is 6.87. The Morgan fingerprint density at radius 3 is 2.51 bits per heavy atom. The van der Waals surface area contributed by atoms with Gasteiger partial charge in [-0.05, 0) is 69.7 Å². The fourth-order valence-corrected chi connectivity index (χ4v) is 4.62. The Hall–Kier alpha value is -3.47. The van der Waals surface area contributed by atoms with Gasteiger partial charge in [0.2, 0.25) is 5.91 Å². The first-order chi connectivity index (χ1) is 17.3. The quantitative estimate of drug-likeness (QED) is 0.448. The molecule has 4 rings (SSSR count). The van der Waals surface area contributed by atoms with Crippen molar-refractivity contribution in [3.63, 3.8) is 0 Å². The Morgan fingerprint density at radius 2 is 1.86 bits per heavy atom. The Balaban J connectivity index is 1.72. The first-order valence-electron chi connectivity index (χ1n) is 12.1. The average Bonchev–Trinajstić information content (AvgIpc) is 3.25. The molecule has 0 saturated heterocycles. The van der Waals surface area contributed by atoms with Crippen LogP contribution in [-0.2, 0) is 21.3 Å². The number of hydrogen-bond acceptors (Lipinski definition) is 5. The summed E-state index contributed by atoms with van der Waals surface area (Å²) in [6.07, 6.45) is 1.49. The van der Waals surface area contributed by atoms with Crippen molar-refractivity contribution in [1.82, 2.24) is 14.8 Å². The lowest BCUT2D eigenvalue weighted by molar-refractivity contribution is -0.141. The molecule has 198 valence electrons. The van der Waals surface area contributed by atoms with Crippen LogP contribution in [0.25, 0.3) is 10.9 Å². The molecule has 8 nitrogen and oxygen atoms in total. The third-order valence-electron chi connectivity index (χ3n) is 6.77. The smallest absolute Gasteiger partial charge is 0.368 e. The second-order valence-corrected chi connectivity index (χ2v) is 10.1. The Morgan fingerprint density at radius 1 is 1.16 bits per heavy atom. The number of nitrogens with zero attached hydrogens (tertiary/aromatic N) is 3. The predicted molar refractivity (Wildman–Crippen MR) is 132 cm³/mol. The number of fused-ring (bicyclic) bond motifs is 1. The number of aromatic nitrogens is 3. The van der Waals surface area contributed by atoms with Gasteiger partial charge in [-0.15, -0.1) is 0 Å². The molecule has 3 N–H and O–H groups in total. The molecule has 2 heterocycles. The highest BCUT2D eigenvalue weighted by molar-refractivity contribution is 6.04. The van der Waals surface area contributed by atoms with Gasteiger partial charge < -0.3 is 15.8 Å². The Labute approximate surface area is 212 Å². The lowest BCUT2D eigenvalue weighted by Crippen LogP contribution is -2.30. The second-order valence-electron chi connectivity index (χ2n) is 10.1. The van der Waals surface area contributed by atoms with Crippen LogP contribution in [0.15, 0.2) is 36.5 Å². The molecule has 11 heteroatoms. The molecule has 2 amide bonds. The number of ether oxygens (including phenoxy) is 1.